The molecular weight excluding hydrogens is 303 g/mol. The van der Waals surface area contributed by atoms with Crippen LogP contribution in [-0.4, -0.2) is 51.9 Å². The molecule has 0 spiro atoms. The molecule has 0 aromatic heterocycles. The van der Waals surface area contributed by atoms with Crippen LogP contribution in [0.4, 0.5) is 13.2 Å². The monoisotopic (exact) mass is 317 g/mol. The van der Waals surface area contributed by atoms with Crippen molar-refractivity contribution in [2.45, 2.75) is 24.6 Å². The summed E-state index contributed by atoms with van der Waals surface area (Å²) in [6.45, 7) is -0.985. The number of nitrogens with zero attached hydrogens (tertiary/aromatic N) is 1. The molecule has 1 heterocycles. The van der Waals surface area contributed by atoms with Crippen LogP contribution < -0.4 is 0 Å². The Morgan fingerprint density at radius 3 is 2.55 bits per heavy atom. The van der Waals surface area contributed by atoms with E-state index < -0.39 is 36.6 Å². The number of hydrogen-bond donors (Lipinski definition) is 2. The molecule has 1 fully saturated rings. The molecule has 1 aliphatic rings. The lowest BCUT2D eigenvalue weighted by Gasteiger charge is -2.25. The van der Waals surface area contributed by atoms with Crippen LogP contribution in [0.5, 0.6) is 0 Å². The van der Waals surface area contributed by atoms with Crippen LogP contribution in [0.15, 0.2) is 24.3 Å². The largest absolute Gasteiger partial charge is 0.478 e. The van der Waals surface area contributed by atoms with E-state index in [1.807, 2.05) is 0 Å². The summed E-state index contributed by atoms with van der Waals surface area (Å²) in [6, 6.07) is 5.64. The lowest BCUT2D eigenvalue weighted by atomic mass is 10.0. The number of alkyl halides is 3. The molecule has 8 heteroatoms. The Morgan fingerprint density at radius 2 is 2.00 bits per heavy atom. The lowest BCUT2D eigenvalue weighted by molar-refractivity contribution is -0.253. The number of aromatic carboxylic acids is 1. The van der Waals surface area contributed by atoms with Gasteiger partial charge in [-0.25, -0.2) is 4.79 Å². The van der Waals surface area contributed by atoms with Gasteiger partial charge >= 0.3 is 12.1 Å². The highest BCUT2D eigenvalue weighted by Crippen LogP contribution is 2.37. The number of rotatable bonds is 3. The summed E-state index contributed by atoms with van der Waals surface area (Å²) in [5.74, 6) is -1.73. The topological polar surface area (TPSA) is 77.8 Å². The van der Waals surface area contributed by atoms with Gasteiger partial charge in [0.05, 0.1) is 18.5 Å². The van der Waals surface area contributed by atoms with E-state index in [9.17, 15) is 27.9 Å². The third-order valence-corrected chi connectivity index (χ3v) is 3.66. The molecule has 0 saturated carbocycles. The normalized spacial score (nSPS) is 21.9. The summed E-state index contributed by atoms with van der Waals surface area (Å²) in [7, 11) is 0. The zero-order valence-corrected chi connectivity index (χ0v) is 11.4. The van der Waals surface area contributed by atoms with Gasteiger partial charge < -0.3 is 15.1 Å². The minimum absolute atomic E-state index is 0.00137. The highest BCUT2D eigenvalue weighted by Gasteiger charge is 2.57. The highest BCUT2D eigenvalue weighted by molar-refractivity contribution is 5.88. The van der Waals surface area contributed by atoms with Crippen molar-refractivity contribution in [2.24, 2.45) is 0 Å². The number of likely N-dealkylation sites (tertiary alicyclic amines) is 1. The predicted octanol–water partition coefficient (Wildman–Crippen LogP) is 1.45. The Balaban J connectivity index is 2.05. The van der Waals surface area contributed by atoms with Crippen LogP contribution in [0.2, 0.25) is 0 Å². The van der Waals surface area contributed by atoms with Crippen molar-refractivity contribution in [3.8, 4) is 0 Å². The van der Waals surface area contributed by atoms with Gasteiger partial charge in [0.1, 0.15) is 0 Å². The molecule has 0 radical (unpaired) electrons. The molecular formula is C14H14F3NO4. The molecule has 22 heavy (non-hydrogen) atoms. The Hall–Kier alpha value is -2.09. The maximum Gasteiger partial charge on any atom is 0.419 e. The van der Waals surface area contributed by atoms with Gasteiger partial charge in [-0.05, 0) is 17.7 Å². The molecule has 1 atom stereocenters. The molecule has 1 aromatic carbocycles. The molecule has 5 nitrogen and oxygen atoms in total. The van der Waals surface area contributed by atoms with E-state index in [1.165, 1.54) is 24.3 Å². The van der Waals surface area contributed by atoms with Gasteiger partial charge in [0.25, 0.3) is 0 Å². The Morgan fingerprint density at radius 1 is 1.32 bits per heavy atom. The Kier molecular flexibility index (Phi) is 4.15. The summed E-state index contributed by atoms with van der Waals surface area (Å²) in [4.78, 5) is 23.8. The summed E-state index contributed by atoms with van der Waals surface area (Å²) in [5, 5.41) is 18.4. The number of carbonyl (C=O) groups excluding carboxylic acids is 1. The third-order valence-electron chi connectivity index (χ3n) is 3.66. The van der Waals surface area contributed by atoms with E-state index in [0.29, 0.717) is 5.56 Å². The average Bonchev–Trinajstić information content (AvgIpc) is 2.83. The van der Waals surface area contributed by atoms with Crippen LogP contribution in [0.25, 0.3) is 0 Å². The van der Waals surface area contributed by atoms with Crippen molar-refractivity contribution in [3.05, 3.63) is 35.4 Å². The standard InChI is InChI=1S/C14H14F3NO4/c15-14(16,17)13(22)4-5-18(8-13)11(19)7-9-2-1-3-10(6-9)12(20)21/h1-3,6,22H,4-5,7-8H2,(H,20,21). The number of hydrogen-bond acceptors (Lipinski definition) is 3. The Bertz CT molecular complexity index is 602. The lowest BCUT2D eigenvalue weighted by Crippen LogP contribution is -2.48. The van der Waals surface area contributed by atoms with E-state index in [0.717, 1.165) is 4.90 Å². The molecule has 2 rings (SSSR count). The second-order valence-corrected chi connectivity index (χ2v) is 5.28. The molecule has 1 saturated heterocycles. The average molecular weight is 317 g/mol. The van der Waals surface area contributed by atoms with Gasteiger partial charge in [0, 0.05) is 13.0 Å². The SMILES string of the molecule is O=C(O)c1cccc(CC(=O)N2CCC(O)(C(F)(F)F)C2)c1. The van der Waals surface area contributed by atoms with Crippen molar-refractivity contribution in [2.75, 3.05) is 13.1 Å². The maximum absolute atomic E-state index is 12.7. The van der Waals surface area contributed by atoms with Gasteiger partial charge in [0.15, 0.2) is 5.60 Å². The van der Waals surface area contributed by atoms with E-state index >= 15 is 0 Å². The summed E-state index contributed by atoms with van der Waals surface area (Å²) in [6.07, 6.45) is -5.56. The minimum Gasteiger partial charge on any atom is -0.478 e. The van der Waals surface area contributed by atoms with Gasteiger partial charge in [-0.3, -0.25) is 4.79 Å². The van der Waals surface area contributed by atoms with Crippen LogP contribution in [-0.2, 0) is 11.2 Å². The van der Waals surface area contributed by atoms with Crippen LogP contribution in [0.1, 0.15) is 22.3 Å². The van der Waals surface area contributed by atoms with E-state index in [-0.39, 0.29) is 18.5 Å². The van der Waals surface area contributed by atoms with Crippen molar-refractivity contribution in [3.63, 3.8) is 0 Å². The first-order valence-corrected chi connectivity index (χ1v) is 6.51. The minimum atomic E-state index is -4.79. The molecule has 1 aromatic rings. The smallest absolute Gasteiger partial charge is 0.419 e. The van der Waals surface area contributed by atoms with Crippen molar-refractivity contribution < 1.29 is 33.0 Å². The van der Waals surface area contributed by atoms with Crippen LogP contribution in [0, 0.1) is 0 Å². The number of carboxylic acid groups (broad SMARTS) is 1. The number of halogens is 3. The quantitative estimate of drug-likeness (QED) is 0.884. The fourth-order valence-electron chi connectivity index (χ4n) is 2.34. The fraction of sp³-hybridized carbons (Fsp3) is 0.429. The van der Waals surface area contributed by atoms with Gasteiger partial charge in [-0.15, -0.1) is 0 Å². The second kappa shape index (κ2) is 5.60. The molecule has 1 amide bonds. The number of carboxylic acids is 1. The van der Waals surface area contributed by atoms with Gasteiger partial charge in [0.2, 0.25) is 5.91 Å². The first kappa shape index (κ1) is 16.3. The summed E-state index contributed by atoms with van der Waals surface area (Å²) >= 11 is 0. The molecule has 2 N–H and O–H groups in total. The predicted molar refractivity (Wildman–Crippen MR) is 69.3 cm³/mol. The van der Waals surface area contributed by atoms with Gasteiger partial charge in [-0.1, -0.05) is 12.1 Å². The van der Waals surface area contributed by atoms with E-state index in [1.54, 1.807) is 0 Å². The molecule has 0 bridgehead atoms. The zero-order chi connectivity index (χ0) is 16.5. The van der Waals surface area contributed by atoms with E-state index in [4.69, 9.17) is 5.11 Å². The first-order chi connectivity index (χ1) is 10.1. The number of amides is 1. The number of aliphatic hydroxyl groups is 1. The summed E-state index contributed by atoms with van der Waals surface area (Å²) in [5.41, 5.74) is -2.48. The molecule has 0 aliphatic carbocycles. The summed E-state index contributed by atoms with van der Waals surface area (Å²) < 4.78 is 38.1. The number of β-amino-alcohol motifs (C(OH)–C–C–N with tert-alkyl or cyclic N) is 1. The van der Waals surface area contributed by atoms with Crippen molar-refractivity contribution >= 4 is 11.9 Å². The first-order valence-electron chi connectivity index (χ1n) is 6.51. The Labute approximate surface area is 124 Å². The van der Waals surface area contributed by atoms with Crippen LogP contribution >= 0.6 is 0 Å². The van der Waals surface area contributed by atoms with Crippen molar-refractivity contribution in [1.29, 1.82) is 0 Å². The third kappa shape index (κ3) is 3.22. The number of benzene rings is 1. The fourth-order valence-corrected chi connectivity index (χ4v) is 2.34. The van der Waals surface area contributed by atoms with Crippen LogP contribution in [0.3, 0.4) is 0 Å². The van der Waals surface area contributed by atoms with Crippen molar-refractivity contribution in [1.82, 2.24) is 4.90 Å². The maximum atomic E-state index is 12.7. The van der Waals surface area contributed by atoms with E-state index in [2.05, 4.69) is 0 Å². The zero-order valence-electron chi connectivity index (χ0n) is 11.4. The second-order valence-electron chi connectivity index (χ2n) is 5.28. The molecule has 1 aliphatic heterocycles. The number of carbonyl (C=O) groups is 2. The van der Waals surface area contributed by atoms with Gasteiger partial charge in [-0.2, -0.15) is 13.2 Å². The molecule has 120 valence electrons. The molecule has 1 unspecified atom stereocenters. The highest BCUT2D eigenvalue weighted by atomic mass is 19.4.